The molecular formula is C14H14N4O4. The number of ether oxygens (including phenoxy) is 1. The first-order valence-corrected chi connectivity index (χ1v) is 6.37. The number of anilines is 1. The van der Waals surface area contributed by atoms with Crippen molar-refractivity contribution in [3.05, 3.63) is 52.3 Å². The van der Waals surface area contributed by atoms with Crippen molar-refractivity contribution in [1.82, 2.24) is 10.3 Å². The summed E-state index contributed by atoms with van der Waals surface area (Å²) in [5, 5.41) is 16.2. The molecule has 8 nitrogen and oxygen atoms in total. The molecule has 0 saturated carbocycles. The minimum absolute atomic E-state index is 0.0967. The molecule has 1 heterocycles. The summed E-state index contributed by atoms with van der Waals surface area (Å²) < 4.78 is 5.55. The lowest BCUT2D eigenvalue weighted by Crippen LogP contribution is -2.18. The molecule has 2 aromatic rings. The van der Waals surface area contributed by atoms with E-state index in [2.05, 4.69) is 15.6 Å². The summed E-state index contributed by atoms with van der Waals surface area (Å²) in [6.07, 6.45) is 1.43. The highest BCUT2D eigenvalue weighted by atomic mass is 16.6. The highest BCUT2D eigenvalue weighted by Crippen LogP contribution is 2.31. The van der Waals surface area contributed by atoms with E-state index in [0.29, 0.717) is 17.2 Å². The maximum atomic E-state index is 11.5. The summed E-state index contributed by atoms with van der Waals surface area (Å²) in [6, 6.07) is 7.47. The number of hydrogen-bond donors (Lipinski definition) is 2. The van der Waals surface area contributed by atoms with Gasteiger partial charge in [-0.15, -0.1) is 0 Å². The molecule has 2 rings (SSSR count). The van der Waals surface area contributed by atoms with Crippen LogP contribution >= 0.6 is 0 Å². The second-order valence-corrected chi connectivity index (χ2v) is 4.24. The number of hydrogen-bond acceptors (Lipinski definition) is 6. The van der Waals surface area contributed by atoms with Crippen molar-refractivity contribution in [3.63, 3.8) is 0 Å². The van der Waals surface area contributed by atoms with Gasteiger partial charge in [0.25, 0.3) is 11.6 Å². The predicted molar refractivity (Wildman–Crippen MR) is 80.3 cm³/mol. The first-order chi connectivity index (χ1) is 10.5. The van der Waals surface area contributed by atoms with Crippen molar-refractivity contribution in [2.24, 2.45) is 0 Å². The van der Waals surface area contributed by atoms with Gasteiger partial charge in [-0.2, -0.15) is 0 Å². The lowest BCUT2D eigenvalue weighted by atomic mass is 10.2. The molecule has 0 aliphatic heterocycles. The number of carbonyl (C=O) groups excluding carboxylic acids is 1. The van der Waals surface area contributed by atoms with E-state index in [0.717, 1.165) is 0 Å². The van der Waals surface area contributed by atoms with E-state index < -0.39 is 4.92 Å². The van der Waals surface area contributed by atoms with E-state index in [1.165, 1.54) is 25.4 Å². The van der Waals surface area contributed by atoms with Gasteiger partial charge in [0.2, 0.25) is 0 Å². The quantitative estimate of drug-likeness (QED) is 0.647. The third kappa shape index (κ3) is 3.29. The molecule has 0 bridgehead atoms. The summed E-state index contributed by atoms with van der Waals surface area (Å²) in [6.45, 7) is 0. The number of carbonyl (C=O) groups is 1. The van der Waals surface area contributed by atoms with Crippen LogP contribution in [0.25, 0.3) is 0 Å². The van der Waals surface area contributed by atoms with Crippen LogP contribution in [0, 0.1) is 10.1 Å². The molecule has 0 radical (unpaired) electrons. The molecule has 8 heteroatoms. The van der Waals surface area contributed by atoms with E-state index in [1.807, 2.05) is 0 Å². The summed E-state index contributed by atoms with van der Waals surface area (Å²) in [5.74, 6) is 0.307. The molecule has 1 amide bonds. The Hall–Kier alpha value is -3.16. The van der Waals surface area contributed by atoms with Gasteiger partial charge in [0.1, 0.15) is 22.9 Å². The molecule has 0 aliphatic carbocycles. The van der Waals surface area contributed by atoms with Gasteiger partial charge in [-0.05, 0) is 18.2 Å². The number of amides is 1. The fraction of sp³-hybridized carbons (Fsp3) is 0.143. The van der Waals surface area contributed by atoms with Gasteiger partial charge in [0.15, 0.2) is 0 Å². The van der Waals surface area contributed by atoms with Crippen molar-refractivity contribution in [2.75, 3.05) is 19.4 Å². The number of nitrogens with zero attached hydrogens (tertiary/aromatic N) is 2. The zero-order valence-electron chi connectivity index (χ0n) is 12.0. The van der Waals surface area contributed by atoms with Crippen molar-refractivity contribution < 1.29 is 14.5 Å². The Bertz CT molecular complexity index is 718. The SMILES string of the molecule is CNC(=O)c1cc(Oc2ccc(NC)c([N+](=O)[O-])c2)ccn1. The summed E-state index contributed by atoms with van der Waals surface area (Å²) in [4.78, 5) is 25.9. The molecule has 0 saturated heterocycles. The molecule has 0 spiro atoms. The van der Waals surface area contributed by atoms with Gasteiger partial charge in [-0.1, -0.05) is 0 Å². The highest BCUT2D eigenvalue weighted by molar-refractivity contribution is 5.92. The van der Waals surface area contributed by atoms with E-state index in [-0.39, 0.29) is 17.3 Å². The smallest absolute Gasteiger partial charge is 0.296 e. The normalized spacial score (nSPS) is 9.91. The minimum atomic E-state index is -0.499. The van der Waals surface area contributed by atoms with Crippen LogP contribution in [-0.4, -0.2) is 29.9 Å². The molecular weight excluding hydrogens is 288 g/mol. The average molecular weight is 302 g/mol. The third-order valence-electron chi connectivity index (χ3n) is 2.86. The van der Waals surface area contributed by atoms with Crippen LogP contribution in [0.15, 0.2) is 36.5 Å². The summed E-state index contributed by atoms with van der Waals surface area (Å²) >= 11 is 0. The predicted octanol–water partition coefficient (Wildman–Crippen LogP) is 2.18. The fourth-order valence-electron chi connectivity index (χ4n) is 1.80. The Morgan fingerprint density at radius 2 is 1.95 bits per heavy atom. The van der Waals surface area contributed by atoms with Gasteiger partial charge in [0, 0.05) is 26.4 Å². The molecule has 0 unspecified atom stereocenters. The lowest BCUT2D eigenvalue weighted by molar-refractivity contribution is -0.384. The van der Waals surface area contributed by atoms with Gasteiger partial charge < -0.3 is 15.4 Å². The zero-order chi connectivity index (χ0) is 16.1. The number of nitrogens with one attached hydrogen (secondary N) is 2. The van der Waals surface area contributed by atoms with Crippen LogP contribution in [-0.2, 0) is 0 Å². The van der Waals surface area contributed by atoms with Crippen molar-refractivity contribution in [3.8, 4) is 11.5 Å². The van der Waals surface area contributed by atoms with E-state index in [9.17, 15) is 14.9 Å². The molecule has 22 heavy (non-hydrogen) atoms. The zero-order valence-corrected chi connectivity index (χ0v) is 12.0. The van der Waals surface area contributed by atoms with E-state index >= 15 is 0 Å². The van der Waals surface area contributed by atoms with Gasteiger partial charge in [0.05, 0.1) is 11.0 Å². The van der Waals surface area contributed by atoms with Gasteiger partial charge in [-0.3, -0.25) is 19.9 Å². The minimum Gasteiger partial charge on any atom is -0.457 e. The van der Waals surface area contributed by atoms with Crippen molar-refractivity contribution in [1.29, 1.82) is 0 Å². The van der Waals surface area contributed by atoms with Crippen molar-refractivity contribution in [2.45, 2.75) is 0 Å². The monoisotopic (exact) mass is 302 g/mol. The van der Waals surface area contributed by atoms with E-state index in [1.54, 1.807) is 25.2 Å². The number of pyridine rings is 1. The molecule has 0 aliphatic rings. The topological polar surface area (TPSA) is 106 Å². The van der Waals surface area contributed by atoms with Crippen LogP contribution in [0.2, 0.25) is 0 Å². The standard InChI is InChI=1S/C14H14N4O4/c1-15-11-4-3-9(8-13(11)18(20)21)22-10-5-6-17-12(7-10)14(19)16-2/h3-8,15H,1-2H3,(H,16,19). The molecule has 114 valence electrons. The molecule has 0 atom stereocenters. The molecule has 2 N–H and O–H groups in total. The largest absolute Gasteiger partial charge is 0.457 e. The first kappa shape index (κ1) is 15.2. The van der Waals surface area contributed by atoms with Gasteiger partial charge in [-0.25, -0.2) is 0 Å². The van der Waals surface area contributed by atoms with Crippen LogP contribution < -0.4 is 15.4 Å². The fourth-order valence-corrected chi connectivity index (χ4v) is 1.80. The first-order valence-electron chi connectivity index (χ1n) is 6.37. The second kappa shape index (κ2) is 6.53. The Labute approximate surface area is 126 Å². The van der Waals surface area contributed by atoms with Crippen LogP contribution in [0.5, 0.6) is 11.5 Å². The summed E-state index contributed by atoms with van der Waals surface area (Å²) in [5.41, 5.74) is 0.486. The summed E-state index contributed by atoms with van der Waals surface area (Å²) in [7, 11) is 3.10. The Kier molecular flexibility index (Phi) is 4.52. The molecule has 0 fully saturated rings. The Balaban J connectivity index is 2.29. The number of rotatable bonds is 5. The van der Waals surface area contributed by atoms with Crippen LogP contribution in [0.4, 0.5) is 11.4 Å². The molecule has 1 aromatic heterocycles. The van der Waals surface area contributed by atoms with Crippen LogP contribution in [0.3, 0.4) is 0 Å². The number of nitro benzene ring substituents is 1. The number of aromatic nitrogens is 1. The number of benzene rings is 1. The lowest BCUT2D eigenvalue weighted by Gasteiger charge is -2.08. The third-order valence-corrected chi connectivity index (χ3v) is 2.86. The number of nitro groups is 1. The highest BCUT2D eigenvalue weighted by Gasteiger charge is 2.15. The average Bonchev–Trinajstić information content (AvgIpc) is 2.54. The maximum Gasteiger partial charge on any atom is 0.296 e. The molecule has 1 aromatic carbocycles. The Morgan fingerprint density at radius 3 is 2.59 bits per heavy atom. The second-order valence-electron chi connectivity index (χ2n) is 4.24. The van der Waals surface area contributed by atoms with E-state index in [4.69, 9.17) is 4.74 Å². The van der Waals surface area contributed by atoms with Crippen LogP contribution in [0.1, 0.15) is 10.5 Å². The van der Waals surface area contributed by atoms with Crippen molar-refractivity contribution >= 4 is 17.3 Å². The van der Waals surface area contributed by atoms with Gasteiger partial charge >= 0.3 is 0 Å². The Morgan fingerprint density at radius 1 is 1.23 bits per heavy atom. The maximum absolute atomic E-state index is 11.5.